The number of allylic oxidation sites excluding steroid dienone is 1. The van der Waals surface area contributed by atoms with Crippen molar-refractivity contribution in [3.63, 3.8) is 0 Å². The van der Waals surface area contributed by atoms with E-state index in [0.29, 0.717) is 17.3 Å². The van der Waals surface area contributed by atoms with Crippen molar-refractivity contribution in [2.45, 2.75) is 58.5 Å². The Kier molecular flexibility index (Phi) is 5.73. The SMILES string of the molecule is CC[C@@H](C)C1=C2NC(=O)[C@@]3(CC(OC)=C[C@H](OC)O3)C(=O)N2[C@H](C(C)C)C(=O)N1. The first-order valence-electron chi connectivity index (χ1n) is 9.85. The standard InChI is InChI=1S/C20H29N3O6/c1-7-11(4)14-16-22-18(25)20(9-12(27-5)8-13(28-6)29-20)19(26)23(16)15(10(2)3)17(24)21-14/h8,10-11,13,15H,7,9H2,1-6H3,(H,21,24)(H,22,25)/t11-,13-,15-,20+/m1/s1. The molecular formula is C20H29N3O6. The molecule has 3 rings (SSSR count). The molecule has 0 unspecified atom stereocenters. The number of methoxy groups -OCH3 is 2. The van der Waals surface area contributed by atoms with Gasteiger partial charge in [-0.2, -0.15) is 0 Å². The number of hydrogen-bond donors (Lipinski definition) is 2. The van der Waals surface area contributed by atoms with E-state index in [1.165, 1.54) is 19.1 Å². The van der Waals surface area contributed by atoms with Crippen LogP contribution in [-0.2, 0) is 28.6 Å². The summed E-state index contributed by atoms with van der Waals surface area (Å²) in [5.41, 5.74) is -1.33. The number of ether oxygens (including phenoxy) is 3. The van der Waals surface area contributed by atoms with E-state index >= 15 is 0 Å². The van der Waals surface area contributed by atoms with Crippen LogP contribution in [0, 0.1) is 11.8 Å². The topological polar surface area (TPSA) is 106 Å². The van der Waals surface area contributed by atoms with Crippen molar-refractivity contribution in [1.29, 1.82) is 0 Å². The second-order valence-electron chi connectivity index (χ2n) is 7.94. The fraction of sp³-hybridized carbons (Fsp3) is 0.650. The van der Waals surface area contributed by atoms with Gasteiger partial charge >= 0.3 is 0 Å². The molecule has 0 aliphatic carbocycles. The molecule has 3 aliphatic rings. The van der Waals surface area contributed by atoms with Crippen LogP contribution in [0.15, 0.2) is 23.4 Å². The number of carbonyl (C=O) groups excluding carboxylic acids is 3. The van der Waals surface area contributed by atoms with Crippen LogP contribution in [0.3, 0.4) is 0 Å². The average Bonchev–Trinajstić information content (AvgIpc) is 2.71. The molecular weight excluding hydrogens is 378 g/mol. The number of carbonyl (C=O) groups is 3. The first-order chi connectivity index (χ1) is 13.7. The van der Waals surface area contributed by atoms with Crippen molar-refractivity contribution in [2.75, 3.05) is 14.2 Å². The van der Waals surface area contributed by atoms with E-state index < -0.39 is 29.7 Å². The molecule has 0 bridgehead atoms. The summed E-state index contributed by atoms with van der Waals surface area (Å²) in [5, 5.41) is 5.74. The monoisotopic (exact) mass is 407 g/mol. The smallest absolute Gasteiger partial charge is 0.271 e. The van der Waals surface area contributed by atoms with E-state index in [2.05, 4.69) is 10.6 Å². The molecule has 1 saturated heterocycles. The number of amides is 3. The minimum Gasteiger partial charge on any atom is -0.501 e. The lowest BCUT2D eigenvalue weighted by molar-refractivity contribution is -0.210. The minimum atomic E-state index is -1.87. The number of rotatable bonds is 5. The molecule has 1 fully saturated rings. The predicted octanol–water partition coefficient (Wildman–Crippen LogP) is 0.976. The highest BCUT2D eigenvalue weighted by molar-refractivity contribution is 6.14. The van der Waals surface area contributed by atoms with E-state index in [1.807, 2.05) is 27.7 Å². The van der Waals surface area contributed by atoms with Crippen molar-refractivity contribution >= 4 is 17.7 Å². The summed E-state index contributed by atoms with van der Waals surface area (Å²) in [6.45, 7) is 7.61. The molecule has 1 spiro atoms. The van der Waals surface area contributed by atoms with Gasteiger partial charge in [0.25, 0.3) is 11.8 Å². The Labute approximate surface area is 170 Å². The highest BCUT2D eigenvalue weighted by atomic mass is 16.7. The lowest BCUT2D eigenvalue weighted by Gasteiger charge is -2.49. The van der Waals surface area contributed by atoms with Gasteiger partial charge in [-0.15, -0.1) is 0 Å². The Bertz CT molecular complexity index is 789. The Hall–Kier alpha value is -2.39. The molecule has 3 aliphatic heterocycles. The summed E-state index contributed by atoms with van der Waals surface area (Å²) in [7, 11) is 2.87. The molecule has 0 aromatic heterocycles. The van der Waals surface area contributed by atoms with Crippen molar-refractivity contribution in [1.82, 2.24) is 15.5 Å². The largest absolute Gasteiger partial charge is 0.501 e. The van der Waals surface area contributed by atoms with Crippen LogP contribution in [0.4, 0.5) is 0 Å². The van der Waals surface area contributed by atoms with Gasteiger partial charge in [-0.25, -0.2) is 0 Å². The fourth-order valence-corrected chi connectivity index (χ4v) is 3.92. The van der Waals surface area contributed by atoms with Crippen LogP contribution in [0.25, 0.3) is 0 Å². The van der Waals surface area contributed by atoms with E-state index in [1.54, 1.807) is 6.08 Å². The molecule has 3 heterocycles. The summed E-state index contributed by atoms with van der Waals surface area (Å²) < 4.78 is 16.4. The summed E-state index contributed by atoms with van der Waals surface area (Å²) in [6.07, 6.45) is 1.30. The fourth-order valence-electron chi connectivity index (χ4n) is 3.92. The van der Waals surface area contributed by atoms with Gasteiger partial charge < -0.3 is 24.8 Å². The molecule has 4 atom stereocenters. The van der Waals surface area contributed by atoms with Crippen LogP contribution in [-0.4, -0.2) is 54.8 Å². The van der Waals surface area contributed by atoms with Crippen LogP contribution < -0.4 is 10.6 Å². The average molecular weight is 407 g/mol. The highest BCUT2D eigenvalue weighted by Gasteiger charge is 2.61. The Morgan fingerprint density at radius 3 is 2.48 bits per heavy atom. The van der Waals surface area contributed by atoms with Gasteiger partial charge in [-0.1, -0.05) is 27.7 Å². The summed E-state index contributed by atoms with van der Waals surface area (Å²) in [4.78, 5) is 41.3. The number of hydrogen-bond acceptors (Lipinski definition) is 6. The predicted molar refractivity (Wildman–Crippen MR) is 103 cm³/mol. The van der Waals surface area contributed by atoms with Gasteiger partial charge in [0, 0.05) is 13.2 Å². The Balaban J connectivity index is 2.14. The Morgan fingerprint density at radius 1 is 1.24 bits per heavy atom. The van der Waals surface area contributed by atoms with Crippen molar-refractivity contribution in [2.24, 2.45) is 11.8 Å². The number of fused-ring (bicyclic) bond motifs is 1. The number of nitrogens with zero attached hydrogens (tertiary/aromatic N) is 1. The van der Waals surface area contributed by atoms with E-state index in [9.17, 15) is 14.4 Å². The van der Waals surface area contributed by atoms with Crippen LogP contribution in [0.5, 0.6) is 0 Å². The number of nitrogens with one attached hydrogen (secondary N) is 2. The second kappa shape index (κ2) is 7.79. The van der Waals surface area contributed by atoms with Crippen LogP contribution >= 0.6 is 0 Å². The third-order valence-electron chi connectivity index (χ3n) is 5.76. The zero-order valence-electron chi connectivity index (χ0n) is 17.7. The maximum absolute atomic E-state index is 13.8. The molecule has 9 nitrogen and oxygen atoms in total. The van der Waals surface area contributed by atoms with Crippen molar-refractivity contribution in [3.8, 4) is 0 Å². The lowest BCUT2D eigenvalue weighted by Crippen LogP contribution is -2.73. The first kappa shape index (κ1) is 21.3. The zero-order valence-corrected chi connectivity index (χ0v) is 17.7. The van der Waals surface area contributed by atoms with Crippen molar-refractivity contribution < 1.29 is 28.6 Å². The van der Waals surface area contributed by atoms with Gasteiger partial charge in [-0.05, 0) is 18.3 Å². The second-order valence-corrected chi connectivity index (χ2v) is 7.94. The van der Waals surface area contributed by atoms with Gasteiger partial charge in [0.15, 0.2) is 6.29 Å². The molecule has 0 aromatic rings. The Morgan fingerprint density at radius 2 is 1.93 bits per heavy atom. The zero-order chi connectivity index (χ0) is 21.5. The quantitative estimate of drug-likeness (QED) is 0.658. The maximum Gasteiger partial charge on any atom is 0.271 e. The van der Waals surface area contributed by atoms with Crippen LogP contribution in [0.2, 0.25) is 0 Å². The van der Waals surface area contributed by atoms with Gasteiger partial charge in [0.2, 0.25) is 11.5 Å². The molecule has 3 amide bonds. The molecule has 9 heteroatoms. The molecule has 2 N–H and O–H groups in total. The summed E-state index contributed by atoms with van der Waals surface area (Å²) in [6, 6.07) is -0.774. The van der Waals surface area contributed by atoms with Gasteiger partial charge in [0.05, 0.1) is 19.2 Å². The normalized spacial score (nSPS) is 30.8. The van der Waals surface area contributed by atoms with E-state index in [-0.39, 0.29) is 24.2 Å². The highest BCUT2D eigenvalue weighted by Crippen LogP contribution is 2.39. The third-order valence-corrected chi connectivity index (χ3v) is 5.76. The van der Waals surface area contributed by atoms with Gasteiger partial charge in [-0.3, -0.25) is 19.3 Å². The molecule has 0 aromatic carbocycles. The van der Waals surface area contributed by atoms with Crippen LogP contribution in [0.1, 0.15) is 40.5 Å². The summed E-state index contributed by atoms with van der Waals surface area (Å²) >= 11 is 0. The van der Waals surface area contributed by atoms with Gasteiger partial charge in [0.1, 0.15) is 17.6 Å². The molecule has 0 saturated carbocycles. The van der Waals surface area contributed by atoms with Crippen molar-refractivity contribution in [3.05, 3.63) is 23.4 Å². The first-order valence-corrected chi connectivity index (χ1v) is 9.85. The molecule has 0 radical (unpaired) electrons. The molecule has 160 valence electrons. The summed E-state index contributed by atoms with van der Waals surface area (Å²) in [5.74, 6) is -0.972. The minimum absolute atomic E-state index is 0.0554. The van der Waals surface area contributed by atoms with E-state index in [4.69, 9.17) is 14.2 Å². The molecule has 29 heavy (non-hydrogen) atoms. The maximum atomic E-state index is 13.8. The lowest BCUT2D eigenvalue weighted by atomic mass is 9.86. The third kappa shape index (κ3) is 3.32. The van der Waals surface area contributed by atoms with E-state index in [0.717, 1.165) is 6.42 Å².